The number of ether oxygens (including phenoxy) is 1. The Morgan fingerprint density at radius 1 is 1.32 bits per heavy atom. The molecule has 1 aromatic heterocycles. The maximum absolute atomic E-state index is 9.16. The van der Waals surface area contributed by atoms with E-state index in [1.165, 1.54) is 0 Å². The van der Waals surface area contributed by atoms with Crippen molar-refractivity contribution >= 4 is 5.69 Å². The molecule has 0 radical (unpaired) electrons. The lowest BCUT2D eigenvalue weighted by Crippen LogP contribution is -2.18. The Hall–Kier alpha value is -2.54. The summed E-state index contributed by atoms with van der Waals surface area (Å²) in [5.74, 6) is 0.738. The summed E-state index contributed by atoms with van der Waals surface area (Å²) in [5, 5.41) is 9.16. The third-order valence-electron chi connectivity index (χ3n) is 2.86. The minimum Gasteiger partial charge on any atom is -0.497 e. The van der Waals surface area contributed by atoms with Crippen molar-refractivity contribution in [3.63, 3.8) is 0 Å². The molecule has 1 heterocycles. The minimum absolute atomic E-state index is 0.624. The number of hydrogen-bond donors (Lipinski definition) is 0. The molecule has 0 saturated carbocycles. The summed E-state index contributed by atoms with van der Waals surface area (Å²) in [6, 6.07) is 13.4. The second-order valence-electron chi connectivity index (χ2n) is 4.17. The Morgan fingerprint density at radius 2 is 2.16 bits per heavy atom. The second-order valence-corrected chi connectivity index (χ2v) is 4.17. The van der Waals surface area contributed by atoms with Gasteiger partial charge in [-0.25, -0.2) is 0 Å². The van der Waals surface area contributed by atoms with Gasteiger partial charge in [0.05, 0.1) is 30.6 Å². The number of rotatable bonds is 4. The molecule has 4 heteroatoms. The number of benzene rings is 1. The zero-order chi connectivity index (χ0) is 13.7. The van der Waals surface area contributed by atoms with Crippen LogP contribution in [0.2, 0.25) is 0 Å². The van der Waals surface area contributed by atoms with Crippen molar-refractivity contribution in [3.8, 4) is 11.8 Å². The summed E-state index contributed by atoms with van der Waals surface area (Å²) in [7, 11) is 3.55. The lowest BCUT2D eigenvalue weighted by molar-refractivity contribution is 0.415. The van der Waals surface area contributed by atoms with Crippen LogP contribution in [0.3, 0.4) is 0 Å². The van der Waals surface area contributed by atoms with E-state index in [4.69, 9.17) is 10.00 Å². The highest BCUT2D eigenvalue weighted by Crippen LogP contribution is 2.25. The van der Waals surface area contributed by atoms with Gasteiger partial charge in [0.15, 0.2) is 0 Å². The van der Waals surface area contributed by atoms with Crippen LogP contribution < -0.4 is 9.64 Å². The molecule has 0 unspecified atom stereocenters. The molecule has 0 aliphatic heterocycles. The van der Waals surface area contributed by atoms with Crippen LogP contribution in [0.5, 0.6) is 5.75 Å². The van der Waals surface area contributed by atoms with Gasteiger partial charge in [-0.05, 0) is 24.3 Å². The molecule has 2 rings (SSSR count). The van der Waals surface area contributed by atoms with Crippen molar-refractivity contribution in [1.82, 2.24) is 4.98 Å². The van der Waals surface area contributed by atoms with E-state index in [0.29, 0.717) is 12.1 Å². The molecule has 0 aliphatic rings. The van der Waals surface area contributed by atoms with E-state index in [0.717, 1.165) is 17.1 Å². The van der Waals surface area contributed by atoms with Crippen molar-refractivity contribution in [2.45, 2.75) is 6.54 Å². The van der Waals surface area contributed by atoms with Crippen molar-refractivity contribution in [2.24, 2.45) is 0 Å². The largest absolute Gasteiger partial charge is 0.497 e. The first-order valence-corrected chi connectivity index (χ1v) is 5.94. The molecule has 0 N–H and O–H groups in total. The minimum atomic E-state index is 0.624. The van der Waals surface area contributed by atoms with Crippen LogP contribution in [-0.4, -0.2) is 19.1 Å². The summed E-state index contributed by atoms with van der Waals surface area (Å²) >= 11 is 0. The van der Waals surface area contributed by atoms with Gasteiger partial charge in [-0.3, -0.25) is 4.98 Å². The molecule has 19 heavy (non-hydrogen) atoms. The van der Waals surface area contributed by atoms with Gasteiger partial charge in [-0.2, -0.15) is 5.26 Å². The predicted molar refractivity (Wildman–Crippen MR) is 74.1 cm³/mol. The Balaban J connectivity index is 2.27. The van der Waals surface area contributed by atoms with Crippen molar-refractivity contribution in [1.29, 1.82) is 5.26 Å². The van der Waals surface area contributed by atoms with E-state index >= 15 is 0 Å². The molecule has 0 spiro atoms. The smallest absolute Gasteiger partial charge is 0.121 e. The number of pyridine rings is 1. The van der Waals surface area contributed by atoms with Gasteiger partial charge in [0.2, 0.25) is 0 Å². The Bertz CT molecular complexity index is 590. The number of methoxy groups -OCH3 is 1. The quantitative estimate of drug-likeness (QED) is 0.840. The van der Waals surface area contributed by atoms with Gasteiger partial charge in [-0.15, -0.1) is 0 Å². The van der Waals surface area contributed by atoms with E-state index in [1.54, 1.807) is 25.4 Å². The molecule has 0 fully saturated rings. The van der Waals surface area contributed by atoms with Crippen molar-refractivity contribution < 1.29 is 4.74 Å². The maximum Gasteiger partial charge on any atom is 0.121 e. The summed E-state index contributed by atoms with van der Waals surface area (Å²) in [5.41, 5.74) is 2.42. The van der Waals surface area contributed by atoms with Crippen molar-refractivity contribution in [3.05, 3.63) is 53.9 Å². The van der Waals surface area contributed by atoms with Crippen LogP contribution >= 0.6 is 0 Å². The maximum atomic E-state index is 9.16. The lowest BCUT2D eigenvalue weighted by Gasteiger charge is -2.20. The zero-order valence-electron chi connectivity index (χ0n) is 11.0. The Labute approximate surface area is 112 Å². The van der Waals surface area contributed by atoms with E-state index in [1.807, 2.05) is 36.2 Å². The molecule has 0 bridgehead atoms. The van der Waals surface area contributed by atoms with E-state index < -0.39 is 0 Å². The molecule has 0 aliphatic carbocycles. The molecular formula is C15H15N3O. The number of hydrogen-bond acceptors (Lipinski definition) is 4. The normalized spacial score (nSPS) is 9.74. The van der Waals surface area contributed by atoms with Crippen LogP contribution in [0, 0.1) is 11.3 Å². The summed E-state index contributed by atoms with van der Waals surface area (Å²) < 4.78 is 5.20. The second kappa shape index (κ2) is 5.87. The highest BCUT2D eigenvalue weighted by molar-refractivity contribution is 5.61. The van der Waals surface area contributed by atoms with Crippen LogP contribution in [0.15, 0.2) is 42.6 Å². The average Bonchev–Trinajstić information content (AvgIpc) is 2.47. The summed E-state index contributed by atoms with van der Waals surface area (Å²) in [6.07, 6.45) is 1.76. The summed E-state index contributed by atoms with van der Waals surface area (Å²) in [4.78, 5) is 6.28. The lowest BCUT2D eigenvalue weighted by atomic mass is 10.1. The van der Waals surface area contributed by atoms with Gasteiger partial charge >= 0.3 is 0 Å². The zero-order valence-corrected chi connectivity index (χ0v) is 11.0. The molecule has 0 saturated heterocycles. The first-order valence-electron chi connectivity index (χ1n) is 5.94. The standard InChI is InChI=1S/C15H15N3O/c1-18(11-13-5-3-4-8-17-13)15-9-14(19-2)7-6-12(15)10-16/h3-9H,11H2,1-2H3. The van der Waals surface area contributed by atoms with Crippen LogP contribution in [0.4, 0.5) is 5.69 Å². The first kappa shape index (κ1) is 12.9. The predicted octanol–water partition coefficient (Wildman–Crippen LogP) is 2.60. The van der Waals surface area contributed by atoms with Gasteiger partial charge in [-0.1, -0.05) is 6.07 Å². The fourth-order valence-electron chi connectivity index (χ4n) is 1.87. The summed E-state index contributed by atoms with van der Waals surface area (Å²) in [6.45, 7) is 0.642. The number of nitrogens with zero attached hydrogens (tertiary/aromatic N) is 3. The van der Waals surface area contributed by atoms with Gasteiger partial charge < -0.3 is 9.64 Å². The molecule has 0 amide bonds. The fraction of sp³-hybridized carbons (Fsp3) is 0.200. The number of anilines is 1. The SMILES string of the molecule is COc1ccc(C#N)c(N(C)Cc2ccccn2)c1. The van der Waals surface area contributed by atoms with E-state index in [9.17, 15) is 0 Å². The first-order chi connectivity index (χ1) is 9.24. The van der Waals surface area contributed by atoms with Gasteiger partial charge in [0, 0.05) is 19.3 Å². The molecule has 0 atom stereocenters. The number of nitriles is 1. The Morgan fingerprint density at radius 3 is 2.79 bits per heavy atom. The fourth-order valence-corrected chi connectivity index (χ4v) is 1.87. The number of aromatic nitrogens is 1. The van der Waals surface area contributed by atoms with Crippen LogP contribution in [0.25, 0.3) is 0 Å². The molecule has 4 nitrogen and oxygen atoms in total. The van der Waals surface area contributed by atoms with Crippen molar-refractivity contribution in [2.75, 3.05) is 19.1 Å². The van der Waals surface area contributed by atoms with Crippen LogP contribution in [-0.2, 0) is 6.54 Å². The highest BCUT2D eigenvalue weighted by atomic mass is 16.5. The Kier molecular flexibility index (Phi) is 3.99. The van der Waals surface area contributed by atoms with Gasteiger partial charge in [0.1, 0.15) is 11.8 Å². The van der Waals surface area contributed by atoms with E-state index in [-0.39, 0.29) is 0 Å². The average molecular weight is 253 g/mol. The van der Waals surface area contributed by atoms with Gasteiger partial charge in [0.25, 0.3) is 0 Å². The molecular weight excluding hydrogens is 238 g/mol. The monoisotopic (exact) mass is 253 g/mol. The topological polar surface area (TPSA) is 49.1 Å². The third-order valence-corrected chi connectivity index (χ3v) is 2.86. The molecule has 2 aromatic rings. The third kappa shape index (κ3) is 3.02. The highest BCUT2D eigenvalue weighted by Gasteiger charge is 2.09. The van der Waals surface area contributed by atoms with E-state index in [2.05, 4.69) is 11.1 Å². The molecule has 1 aromatic carbocycles. The molecule has 96 valence electrons. The van der Waals surface area contributed by atoms with Crippen LogP contribution in [0.1, 0.15) is 11.3 Å².